The van der Waals surface area contributed by atoms with Gasteiger partial charge in [-0.05, 0) is 32.6 Å². The summed E-state index contributed by atoms with van der Waals surface area (Å²) < 4.78 is 5.35. The molecule has 1 aliphatic heterocycles. The standard InChI is InChI=1S/C15H30N2O2/c1-14(2,3)7-12-19-13(18)16-8-10-17(11-9-16)15(4,5)6/h7-12H2,1-6H3. The first kappa shape index (κ1) is 16.3. The van der Waals surface area contributed by atoms with Gasteiger partial charge >= 0.3 is 6.09 Å². The van der Waals surface area contributed by atoms with E-state index in [1.54, 1.807) is 0 Å². The van der Waals surface area contributed by atoms with Crippen LogP contribution in [0.3, 0.4) is 0 Å². The Morgan fingerprint density at radius 2 is 1.53 bits per heavy atom. The summed E-state index contributed by atoms with van der Waals surface area (Å²) in [5, 5.41) is 0. The molecule has 1 aliphatic rings. The molecule has 0 radical (unpaired) electrons. The molecule has 112 valence electrons. The van der Waals surface area contributed by atoms with Crippen molar-refractivity contribution in [3.63, 3.8) is 0 Å². The molecule has 1 heterocycles. The second kappa shape index (κ2) is 6.12. The van der Waals surface area contributed by atoms with Gasteiger partial charge in [0, 0.05) is 31.7 Å². The minimum absolute atomic E-state index is 0.155. The van der Waals surface area contributed by atoms with Gasteiger partial charge in [0.2, 0.25) is 0 Å². The quantitative estimate of drug-likeness (QED) is 0.773. The van der Waals surface area contributed by atoms with E-state index in [2.05, 4.69) is 46.4 Å². The first-order valence-corrected chi connectivity index (χ1v) is 7.26. The molecule has 0 N–H and O–H groups in total. The number of rotatable bonds is 2. The van der Waals surface area contributed by atoms with E-state index >= 15 is 0 Å². The lowest BCUT2D eigenvalue weighted by atomic mass is 9.93. The van der Waals surface area contributed by atoms with Gasteiger partial charge in [0.25, 0.3) is 0 Å². The Hall–Kier alpha value is -0.770. The Balaban J connectivity index is 2.29. The SMILES string of the molecule is CC(C)(C)CCOC(=O)N1CCN(C(C)(C)C)CC1. The molecule has 0 aromatic rings. The van der Waals surface area contributed by atoms with Crippen molar-refractivity contribution in [2.45, 2.75) is 53.5 Å². The van der Waals surface area contributed by atoms with Crippen LogP contribution in [-0.4, -0.2) is 54.2 Å². The molecule has 1 saturated heterocycles. The smallest absolute Gasteiger partial charge is 0.409 e. The van der Waals surface area contributed by atoms with E-state index < -0.39 is 0 Å². The molecule has 0 saturated carbocycles. The number of nitrogens with zero attached hydrogens (tertiary/aromatic N) is 2. The Bertz CT molecular complexity index is 294. The number of ether oxygens (including phenoxy) is 1. The fraction of sp³-hybridized carbons (Fsp3) is 0.933. The lowest BCUT2D eigenvalue weighted by molar-refractivity contribution is 0.0425. The summed E-state index contributed by atoms with van der Waals surface area (Å²) in [7, 11) is 0. The third kappa shape index (κ3) is 5.81. The van der Waals surface area contributed by atoms with Crippen LogP contribution in [0.15, 0.2) is 0 Å². The van der Waals surface area contributed by atoms with Crippen molar-refractivity contribution >= 4 is 6.09 Å². The molecule has 4 heteroatoms. The van der Waals surface area contributed by atoms with Crippen molar-refractivity contribution < 1.29 is 9.53 Å². The zero-order valence-electron chi connectivity index (χ0n) is 13.5. The maximum Gasteiger partial charge on any atom is 0.409 e. The molecule has 0 atom stereocenters. The highest BCUT2D eigenvalue weighted by Gasteiger charge is 2.28. The van der Waals surface area contributed by atoms with Crippen LogP contribution < -0.4 is 0 Å². The Morgan fingerprint density at radius 3 is 1.95 bits per heavy atom. The average Bonchev–Trinajstić information content (AvgIpc) is 2.26. The van der Waals surface area contributed by atoms with E-state index in [0.717, 1.165) is 32.6 Å². The molecular weight excluding hydrogens is 240 g/mol. The predicted octanol–water partition coefficient (Wildman–Crippen LogP) is 2.98. The number of carbonyl (C=O) groups is 1. The van der Waals surface area contributed by atoms with Crippen molar-refractivity contribution in [3.05, 3.63) is 0 Å². The molecule has 0 unspecified atom stereocenters. The van der Waals surface area contributed by atoms with Crippen molar-refractivity contribution in [3.8, 4) is 0 Å². The minimum Gasteiger partial charge on any atom is -0.449 e. The molecule has 1 fully saturated rings. The molecule has 19 heavy (non-hydrogen) atoms. The Labute approximate surface area is 118 Å². The average molecular weight is 270 g/mol. The summed E-state index contributed by atoms with van der Waals surface area (Å²) in [6.45, 7) is 17.0. The molecule has 0 bridgehead atoms. The fourth-order valence-electron chi connectivity index (χ4n) is 2.10. The third-order valence-corrected chi connectivity index (χ3v) is 3.56. The zero-order valence-corrected chi connectivity index (χ0v) is 13.5. The van der Waals surface area contributed by atoms with Gasteiger partial charge < -0.3 is 9.64 Å². The number of hydrogen-bond acceptors (Lipinski definition) is 3. The zero-order chi connectivity index (χ0) is 14.7. The third-order valence-electron chi connectivity index (χ3n) is 3.56. The molecular formula is C15H30N2O2. The summed E-state index contributed by atoms with van der Waals surface area (Å²) in [5.41, 5.74) is 0.396. The van der Waals surface area contributed by atoms with Gasteiger partial charge in [0.1, 0.15) is 0 Å². The maximum absolute atomic E-state index is 11.9. The van der Waals surface area contributed by atoms with Crippen LogP contribution >= 0.6 is 0 Å². The monoisotopic (exact) mass is 270 g/mol. The van der Waals surface area contributed by atoms with Crippen LogP contribution in [0.25, 0.3) is 0 Å². The van der Waals surface area contributed by atoms with E-state index in [4.69, 9.17) is 4.74 Å². The lowest BCUT2D eigenvalue weighted by Gasteiger charge is -2.41. The van der Waals surface area contributed by atoms with E-state index in [1.807, 2.05) is 4.90 Å². The molecule has 4 nitrogen and oxygen atoms in total. The normalized spacial score (nSPS) is 18.5. The number of carbonyl (C=O) groups excluding carboxylic acids is 1. The highest BCUT2D eigenvalue weighted by Crippen LogP contribution is 2.19. The predicted molar refractivity (Wildman–Crippen MR) is 78.3 cm³/mol. The number of hydrogen-bond donors (Lipinski definition) is 0. The van der Waals surface area contributed by atoms with Crippen LogP contribution in [0.1, 0.15) is 48.0 Å². The van der Waals surface area contributed by atoms with Crippen molar-refractivity contribution in [1.82, 2.24) is 9.80 Å². The summed E-state index contributed by atoms with van der Waals surface area (Å²) in [5.74, 6) is 0. The topological polar surface area (TPSA) is 32.8 Å². The minimum atomic E-state index is -0.155. The highest BCUT2D eigenvalue weighted by molar-refractivity contribution is 5.67. The second-order valence-electron chi connectivity index (χ2n) is 7.57. The van der Waals surface area contributed by atoms with Gasteiger partial charge in [-0.1, -0.05) is 20.8 Å². The summed E-state index contributed by atoms with van der Waals surface area (Å²) in [6, 6.07) is 0. The van der Waals surface area contributed by atoms with Crippen LogP contribution in [0.4, 0.5) is 4.79 Å². The van der Waals surface area contributed by atoms with Crippen LogP contribution in [0.2, 0.25) is 0 Å². The van der Waals surface area contributed by atoms with E-state index in [9.17, 15) is 4.79 Å². The van der Waals surface area contributed by atoms with Crippen LogP contribution in [0, 0.1) is 5.41 Å². The van der Waals surface area contributed by atoms with Crippen molar-refractivity contribution in [1.29, 1.82) is 0 Å². The highest BCUT2D eigenvalue weighted by atomic mass is 16.6. The van der Waals surface area contributed by atoms with Crippen molar-refractivity contribution in [2.75, 3.05) is 32.8 Å². The summed E-state index contributed by atoms with van der Waals surface area (Å²) in [6.07, 6.45) is 0.749. The largest absolute Gasteiger partial charge is 0.449 e. The Morgan fingerprint density at radius 1 is 1.00 bits per heavy atom. The molecule has 0 aliphatic carbocycles. The molecule has 0 aromatic heterocycles. The molecule has 0 aromatic carbocycles. The van der Waals surface area contributed by atoms with E-state index in [-0.39, 0.29) is 17.0 Å². The first-order valence-electron chi connectivity index (χ1n) is 7.26. The molecule has 0 spiro atoms. The maximum atomic E-state index is 11.9. The Kier molecular flexibility index (Phi) is 5.25. The van der Waals surface area contributed by atoms with E-state index in [1.165, 1.54) is 0 Å². The van der Waals surface area contributed by atoms with Gasteiger partial charge in [-0.3, -0.25) is 4.90 Å². The van der Waals surface area contributed by atoms with Crippen LogP contribution in [0.5, 0.6) is 0 Å². The second-order valence-corrected chi connectivity index (χ2v) is 7.57. The van der Waals surface area contributed by atoms with Gasteiger partial charge in [0.15, 0.2) is 0 Å². The van der Waals surface area contributed by atoms with Crippen LogP contribution in [-0.2, 0) is 4.74 Å². The van der Waals surface area contributed by atoms with E-state index in [0.29, 0.717) is 6.61 Å². The van der Waals surface area contributed by atoms with Gasteiger partial charge in [-0.25, -0.2) is 4.79 Å². The number of amides is 1. The van der Waals surface area contributed by atoms with Crippen molar-refractivity contribution in [2.24, 2.45) is 5.41 Å². The van der Waals surface area contributed by atoms with Gasteiger partial charge in [0.05, 0.1) is 6.61 Å². The molecule has 1 rings (SSSR count). The lowest BCUT2D eigenvalue weighted by Crippen LogP contribution is -2.54. The molecule has 1 amide bonds. The van der Waals surface area contributed by atoms with Gasteiger partial charge in [-0.2, -0.15) is 0 Å². The first-order chi connectivity index (χ1) is 8.59. The summed E-state index contributed by atoms with van der Waals surface area (Å²) >= 11 is 0. The number of piperazine rings is 1. The van der Waals surface area contributed by atoms with Gasteiger partial charge in [-0.15, -0.1) is 0 Å². The fourth-order valence-corrected chi connectivity index (χ4v) is 2.10. The summed E-state index contributed by atoms with van der Waals surface area (Å²) in [4.78, 5) is 16.2.